The topological polar surface area (TPSA) is 84.9 Å². The molecule has 0 bridgehead atoms. The third kappa shape index (κ3) is 11.7. The number of aryl methyl sites for hydroxylation is 1. The highest BCUT2D eigenvalue weighted by Gasteiger charge is 2.49. The smallest absolute Gasteiger partial charge is 0.363 e. The third-order valence-corrected chi connectivity index (χ3v) is 13.8. The fourth-order valence-corrected chi connectivity index (χ4v) is 9.29. The summed E-state index contributed by atoms with van der Waals surface area (Å²) in [6, 6.07) is 17.1. The molecule has 1 fully saturated rings. The van der Waals surface area contributed by atoms with E-state index >= 15 is 9.59 Å². The van der Waals surface area contributed by atoms with Gasteiger partial charge in [-0.3, -0.25) is 9.59 Å². The van der Waals surface area contributed by atoms with Crippen molar-refractivity contribution in [3.63, 3.8) is 0 Å². The van der Waals surface area contributed by atoms with E-state index in [1.807, 2.05) is 4.90 Å². The molecule has 404 valence electrons. The molecule has 1 saturated heterocycles. The third-order valence-electron chi connectivity index (χ3n) is 13.5. The van der Waals surface area contributed by atoms with Gasteiger partial charge >= 0.3 is 24.7 Å². The Hall–Kier alpha value is -6.87. The van der Waals surface area contributed by atoms with Crippen LogP contribution in [0.4, 0.5) is 75.7 Å². The second-order valence-corrected chi connectivity index (χ2v) is 19.8. The second kappa shape index (κ2) is 20.9. The van der Waals surface area contributed by atoms with E-state index in [0.29, 0.717) is 73.0 Å². The van der Waals surface area contributed by atoms with Gasteiger partial charge in [-0.15, -0.1) is 0 Å². The average molecular weight is 1090 g/mol. The van der Waals surface area contributed by atoms with Gasteiger partial charge in [0, 0.05) is 75.6 Å². The first-order valence-electron chi connectivity index (χ1n) is 23.4. The minimum atomic E-state index is -5.46. The summed E-state index contributed by atoms with van der Waals surface area (Å²) in [6.07, 6.45) is -19.3. The number of piperazine rings is 1. The molecular formula is C54H50ClF12N7O2. The van der Waals surface area contributed by atoms with Gasteiger partial charge in [0.2, 0.25) is 11.8 Å². The van der Waals surface area contributed by atoms with Gasteiger partial charge in [0.15, 0.2) is 0 Å². The zero-order valence-corrected chi connectivity index (χ0v) is 42.6. The van der Waals surface area contributed by atoms with E-state index in [1.165, 1.54) is 42.4 Å². The number of likely N-dealkylation sites (N-methyl/N-ethyl adjacent to an activating group) is 1. The molecule has 6 aromatic rings. The van der Waals surface area contributed by atoms with Crippen LogP contribution >= 0.6 is 11.6 Å². The van der Waals surface area contributed by atoms with Gasteiger partial charge in [0.05, 0.1) is 56.9 Å². The molecule has 0 aliphatic carbocycles. The van der Waals surface area contributed by atoms with Crippen molar-refractivity contribution in [2.75, 3.05) is 73.5 Å². The van der Waals surface area contributed by atoms with Crippen molar-refractivity contribution in [1.82, 2.24) is 15.3 Å². The van der Waals surface area contributed by atoms with Crippen LogP contribution in [0.15, 0.2) is 109 Å². The molecule has 0 radical (unpaired) electrons. The molecule has 2 amide bonds. The van der Waals surface area contributed by atoms with Crippen LogP contribution in [0.1, 0.15) is 59.7 Å². The van der Waals surface area contributed by atoms with Gasteiger partial charge < -0.3 is 24.9 Å². The molecule has 0 saturated carbocycles. The fourth-order valence-electron chi connectivity index (χ4n) is 9.05. The van der Waals surface area contributed by atoms with E-state index < -0.39 is 87.3 Å². The number of amides is 2. The Balaban J connectivity index is 1.56. The first-order valence-corrected chi connectivity index (χ1v) is 23.8. The number of halogens is 13. The van der Waals surface area contributed by atoms with Gasteiger partial charge in [-0.1, -0.05) is 54.1 Å². The number of hydrogen-bond acceptors (Lipinski definition) is 7. The maximum atomic E-state index is 16.0. The van der Waals surface area contributed by atoms with Gasteiger partial charge in [-0.2, -0.15) is 52.7 Å². The summed E-state index contributed by atoms with van der Waals surface area (Å²) in [7, 11) is 4.39. The Bertz CT molecular complexity index is 3090. The SMILES string of the molecule is Cc1ccccc1-c1cc(N2CCNCC2)ncc1N(C)C(=O)C(C)(CN(C(=O)C(C)(C)c1cc(C(F)(F)F)cc(C(F)(F)F)c1)c1cnc(N(C)C)cc1-c1ccccc1Cl)c1cc(C(F)(F)F)cc(C(F)(F)F)c1. The van der Waals surface area contributed by atoms with Crippen molar-refractivity contribution in [2.45, 2.75) is 63.2 Å². The lowest BCUT2D eigenvalue weighted by atomic mass is 9.76. The van der Waals surface area contributed by atoms with E-state index in [-0.39, 0.29) is 45.5 Å². The lowest BCUT2D eigenvalue weighted by Crippen LogP contribution is -2.55. The summed E-state index contributed by atoms with van der Waals surface area (Å²) in [5, 5.41) is 3.28. The highest BCUT2D eigenvalue weighted by molar-refractivity contribution is 6.33. The number of anilines is 4. The van der Waals surface area contributed by atoms with Gasteiger partial charge in [-0.25, -0.2) is 9.97 Å². The molecule has 0 spiro atoms. The highest BCUT2D eigenvalue weighted by Crippen LogP contribution is 2.46. The number of hydrogen-bond donors (Lipinski definition) is 1. The van der Waals surface area contributed by atoms with Gasteiger partial charge in [0.1, 0.15) is 11.6 Å². The summed E-state index contributed by atoms with van der Waals surface area (Å²) in [5.41, 5.74) is -12.8. The molecule has 76 heavy (non-hydrogen) atoms. The molecule has 4 aromatic carbocycles. The van der Waals surface area contributed by atoms with Crippen LogP contribution in [0.5, 0.6) is 0 Å². The van der Waals surface area contributed by atoms with Crippen LogP contribution in [0.3, 0.4) is 0 Å². The Kier molecular flexibility index (Phi) is 15.7. The molecule has 1 aliphatic rings. The van der Waals surface area contributed by atoms with Crippen molar-refractivity contribution in [3.05, 3.63) is 153 Å². The standard InChI is InChI=1S/C54H50ClF12N7O2/c1-31-12-8-9-13-38(31)40-27-46(73-18-16-68-17-19-73)70-28-43(40)72(7)48(76)50(4,33-22-36(53(62,63)64)25-37(23-33)54(65,66)67)30-74(44-29-69-45(71(5)6)26-41(44)39-14-10-11-15-42(39)55)47(75)49(2,3)32-20-34(51(56,57)58)24-35(21-32)52(59,60)61/h8-15,20-29,68H,16-19,30H2,1-7H3. The zero-order valence-electron chi connectivity index (χ0n) is 41.8. The maximum Gasteiger partial charge on any atom is 0.416 e. The number of benzene rings is 4. The molecule has 3 heterocycles. The van der Waals surface area contributed by atoms with Crippen LogP contribution < -0.4 is 24.9 Å². The Morgan fingerprint density at radius 2 is 1.04 bits per heavy atom. The zero-order chi connectivity index (χ0) is 56.1. The number of pyridine rings is 2. The van der Waals surface area contributed by atoms with Crippen molar-refractivity contribution in [3.8, 4) is 22.3 Å². The average Bonchev–Trinajstić information content (AvgIpc) is 3.36. The van der Waals surface area contributed by atoms with Crippen molar-refractivity contribution in [1.29, 1.82) is 0 Å². The van der Waals surface area contributed by atoms with Crippen LogP contribution in [0, 0.1) is 6.92 Å². The van der Waals surface area contributed by atoms with Crippen LogP contribution in [-0.2, 0) is 45.1 Å². The molecule has 9 nitrogen and oxygen atoms in total. The van der Waals surface area contributed by atoms with Gasteiger partial charge in [0.25, 0.3) is 0 Å². The second-order valence-electron chi connectivity index (χ2n) is 19.3. The Morgan fingerprint density at radius 3 is 1.54 bits per heavy atom. The largest absolute Gasteiger partial charge is 0.416 e. The normalized spacial score (nSPS) is 14.6. The van der Waals surface area contributed by atoms with Crippen molar-refractivity contribution >= 4 is 46.4 Å². The van der Waals surface area contributed by atoms with Gasteiger partial charge in [-0.05, 0) is 105 Å². The maximum absolute atomic E-state index is 16.0. The van der Waals surface area contributed by atoms with E-state index in [4.69, 9.17) is 11.6 Å². The molecule has 1 unspecified atom stereocenters. The Labute approximate surface area is 435 Å². The number of carbonyl (C=O) groups excluding carboxylic acids is 2. The predicted molar refractivity (Wildman–Crippen MR) is 268 cm³/mol. The molecular weight excluding hydrogens is 1040 g/mol. The number of nitrogens with zero attached hydrogens (tertiary/aromatic N) is 6. The number of alkyl halides is 12. The molecule has 22 heteroatoms. The quantitative estimate of drug-likeness (QED) is 0.122. The van der Waals surface area contributed by atoms with E-state index in [1.54, 1.807) is 57.4 Å². The first kappa shape index (κ1) is 56.8. The monoisotopic (exact) mass is 1090 g/mol. The van der Waals surface area contributed by atoms with E-state index in [0.717, 1.165) is 36.8 Å². The van der Waals surface area contributed by atoms with Crippen molar-refractivity contribution in [2.24, 2.45) is 0 Å². The predicted octanol–water partition coefficient (Wildman–Crippen LogP) is 13.3. The molecule has 2 aromatic heterocycles. The van der Waals surface area contributed by atoms with Crippen LogP contribution in [-0.4, -0.2) is 75.6 Å². The molecule has 1 N–H and O–H groups in total. The van der Waals surface area contributed by atoms with Crippen molar-refractivity contribution < 1.29 is 62.3 Å². The summed E-state index contributed by atoms with van der Waals surface area (Å²) in [5.74, 6) is -1.91. The van der Waals surface area contributed by atoms with E-state index in [9.17, 15) is 52.7 Å². The summed E-state index contributed by atoms with van der Waals surface area (Å²) < 4.78 is 176. The first-order chi connectivity index (χ1) is 35.2. The Morgan fingerprint density at radius 1 is 0.579 bits per heavy atom. The van der Waals surface area contributed by atoms with Crippen LogP contribution in [0.25, 0.3) is 22.3 Å². The molecule has 1 aliphatic heterocycles. The fraction of sp³-hybridized carbons (Fsp3) is 0.333. The number of aromatic nitrogens is 2. The highest BCUT2D eigenvalue weighted by atomic mass is 35.5. The number of carbonyl (C=O) groups is 2. The summed E-state index contributed by atoms with van der Waals surface area (Å²) in [6.45, 7) is 5.79. The van der Waals surface area contributed by atoms with Crippen LogP contribution in [0.2, 0.25) is 5.02 Å². The summed E-state index contributed by atoms with van der Waals surface area (Å²) in [4.78, 5) is 46.2. The minimum Gasteiger partial charge on any atom is -0.363 e. The summed E-state index contributed by atoms with van der Waals surface area (Å²) >= 11 is 6.76. The van der Waals surface area contributed by atoms with E-state index in [2.05, 4.69) is 15.3 Å². The molecule has 1 atom stereocenters. The number of rotatable bonds is 12. The lowest BCUT2D eigenvalue weighted by Gasteiger charge is -2.41. The lowest BCUT2D eigenvalue weighted by molar-refractivity contribution is -0.144. The molecule has 7 rings (SSSR count). The minimum absolute atomic E-state index is 0.00573. The number of nitrogens with one attached hydrogen (secondary N) is 1.